The number of rotatable bonds is 2. The number of carbonyl (C=O) groups excluding carboxylic acids is 1. The first kappa shape index (κ1) is 11.9. The molecule has 0 saturated carbocycles. The fourth-order valence-electron chi connectivity index (χ4n) is 2.49. The summed E-state index contributed by atoms with van der Waals surface area (Å²) in [5.74, 6) is -0.0523. The molecule has 0 fully saturated rings. The topological polar surface area (TPSA) is 32.3 Å². The fourth-order valence-corrected chi connectivity index (χ4v) is 2.49. The third-order valence-corrected chi connectivity index (χ3v) is 3.43. The molecule has 2 aromatic rings. The molecule has 1 N–H and O–H groups in total. The van der Waals surface area contributed by atoms with Crippen molar-refractivity contribution in [2.75, 3.05) is 12.4 Å². The number of fused-ring (bicyclic) bond motifs is 1. The molecule has 0 spiro atoms. The van der Waals surface area contributed by atoms with E-state index in [2.05, 4.69) is 23.3 Å². The van der Waals surface area contributed by atoms with E-state index in [1.54, 1.807) is 0 Å². The number of anilines is 1. The molecule has 19 heavy (non-hydrogen) atoms. The SMILES string of the molecule is CN1Cc2cccc(NC(=O)c3ccccc3)c2C1. The summed E-state index contributed by atoms with van der Waals surface area (Å²) >= 11 is 0. The van der Waals surface area contributed by atoms with Gasteiger partial charge in [0.25, 0.3) is 5.91 Å². The Labute approximate surface area is 112 Å². The molecule has 0 aromatic heterocycles. The number of hydrogen-bond donors (Lipinski definition) is 1. The lowest BCUT2D eigenvalue weighted by molar-refractivity contribution is 0.102. The van der Waals surface area contributed by atoms with Crippen molar-refractivity contribution in [3.05, 3.63) is 65.2 Å². The lowest BCUT2D eigenvalue weighted by atomic mass is 10.1. The maximum absolute atomic E-state index is 12.2. The highest BCUT2D eigenvalue weighted by Crippen LogP contribution is 2.28. The van der Waals surface area contributed by atoms with Gasteiger partial charge in [-0.3, -0.25) is 9.69 Å². The number of nitrogens with one attached hydrogen (secondary N) is 1. The van der Waals surface area contributed by atoms with Crippen LogP contribution in [0.5, 0.6) is 0 Å². The molecule has 3 heteroatoms. The van der Waals surface area contributed by atoms with Gasteiger partial charge in [0.15, 0.2) is 0 Å². The van der Waals surface area contributed by atoms with Crippen molar-refractivity contribution in [3.8, 4) is 0 Å². The quantitative estimate of drug-likeness (QED) is 0.891. The van der Waals surface area contributed by atoms with Crippen LogP contribution in [0.2, 0.25) is 0 Å². The van der Waals surface area contributed by atoms with Crippen molar-refractivity contribution in [3.63, 3.8) is 0 Å². The van der Waals surface area contributed by atoms with Crippen LogP contribution in [0.3, 0.4) is 0 Å². The van der Waals surface area contributed by atoms with Crippen LogP contribution in [-0.4, -0.2) is 17.9 Å². The normalized spacial score (nSPS) is 14.2. The number of hydrogen-bond acceptors (Lipinski definition) is 2. The number of amides is 1. The van der Waals surface area contributed by atoms with E-state index in [1.807, 2.05) is 42.5 Å². The largest absolute Gasteiger partial charge is 0.322 e. The van der Waals surface area contributed by atoms with Crippen LogP contribution in [0.1, 0.15) is 21.5 Å². The Kier molecular flexibility index (Phi) is 3.05. The molecule has 2 aromatic carbocycles. The number of carbonyl (C=O) groups is 1. The molecule has 0 bridgehead atoms. The van der Waals surface area contributed by atoms with E-state index < -0.39 is 0 Å². The molecule has 1 amide bonds. The minimum absolute atomic E-state index is 0.0523. The van der Waals surface area contributed by atoms with Gasteiger partial charge in [-0.25, -0.2) is 0 Å². The smallest absolute Gasteiger partial charge is 0.255 e. The van der Waals surface area contributed by atoms with Crippen molar-refractivity contribution >= 4 is 11.6 Å². The molecule has 96 valence electrons. The monoisotopic (exact) mass is 252 g/mol. The Morgan fingerprint density at radius 2 is 1.84 bits per heavy atom. The first-order valence-electron chi connectivity index (χ1n) is 6.40. The van der Waals surface area contributed by atoms with Gasteiger partial charge in [0, 0.05) is 24.3 Å². The zero-order chi connectivity index (χ0) is 13.2. The Hall–Kier alpha value is -2.13. The molecule has 3 rings (SSSR count). The summed E-state index contributed by atoms with van der Waals surface area (Å²) in [7, 11) is 2.09. The van der Waals surface area contributed by atoms with Crippen LogP contribution in [0.25, 0.3) is 0 Å². The summed E-state index contributed by atoms with van der Waals surface area (Å²) in [6.07, 6.45) is 0. The van der Waals surface area contributed by atoms with Gasteiger partial charge in [-0.1, -0.05) is 30.3 Å². The van der Waals surface area contributed by atoms with Crippen molar-refractivity contribution in [1.82, 2.24) is 4.90 Å². The van der Waals surface area contributed by atoms with Crippen LogP contribution in [0, 0.1) is 0 Å². The van der Waals surface area contributed by atoms with Gasteiger partial charge in [0.2, 0.25) is 0 Å². The summed E-state index contributed by atoms with van der Waals surface area (Å²) in [5.41, 5.74) is 4.14. The Morgan fingerprint density at radius 1 is 1.05 bits per heavy atom. The fraction of sp³-hybridized carbons (Fsp3) is 0.188. The lowest BCUT2D eigenvalue weighted by Crippen LogP contribution is -2.13. The van der Waals surface area contributed by atoms with Crippen LogP contribution < -0.4 is 5.32 Å². The predicted molar refractivity (Wildman–Crippen MR) is 76.0 cm³/mol. The highest BCUT2D eigenvalue weighted by Gasteiger charge is 2.19. The maximum atomic E-state index is 12.2. The second-order valence-electron chi connectivity index (χ2n) is 4.94. The van der Waals surface area contributed by atoms with Gasteiger partial charge in [0.05, 0.1) is 0 Å². The first-order chi connectivity index (χ1) is 9.24. The summed E-state index contributed by atoms with van der Waals surface area (Å²) in [6.45, 7) is 1.84. The highest BCUT2D eigenvalue weighted by atomic mass is 16.1. The van der Waals surface area contributed by atoms with Crippen molar-refractivity contribution < 1.29 is 4.79 Å². The second-order valence-corrected chi connectivity index (χ2v) is 4.94. The third kappa shape index (κ3) is 2.37. The first-order valence-corrected chi connectivity index (χ1v) is 6.40. The zero-order valence-electron chi connectivity index (χ0n) is 10.9. The minimum atomic E-state index is -0.0523. The van der Waals surface area contributed by atoms with Gasteiger partial charge < -0.3 is 5.32 Å². The van der Waals surface area contributed by atoms with Gasteiger partial charge >= 0.3 is 0 Å². The van der Waals surface area contributed by atoms with Gasteiger partial charge in [-0.2, -0.15) is 0 Å². The molecule has 1 heterocycles. The Balaban J connectivity index is 1.86. The molecule has 0 aliphatic carbocycles. The van der Waals surface area contributed by atoms with Crippen molar-refractivity contribution in [2.24, 2.45) is 0 Å². The standard InChI is InChI=1S/C16H16N2O/c1-18-10-13-8-5-9-15(14(13)11-18)17-16(19)12-6-3-2-4-7-12/h2-9H,10-11H2,1H3,(H,17,19). The average Bonchev–Trinajstić information content (AvgIpc) is 2.81. The van der Waals surface area contributed by atoms with Crippen LogP contribution in [-0.2, 0) is 13.1 Å². The van der Waals surface area contributed by atoms with E-state index in [9.17, 15) is 4.79 Å². The van der Waals surface area contributed by atoms with Gasteiger partial charge in [-0.05, 0) is 36.4 Å². The summed E-state index contributed by atoms with van der Waals surface area (Å²) in [5, 5.41) is 3.01. The minimum Gasteiger partial charge on any atom is -0.322 e. The molecule has 0 saturated heterocycles. The Bertz CT molecular complexity index is 607. The van der Waals surface area contributed by atoms with E-state index in [0.717, 1.165) is 18.8 Å². The third-order valence-electron chi connectivity index (χ3n) is 3.43. The van der Waals surface area contributed by atoms with E-state index in [0.29, 0.717) is 5.56 Å². The van der Waals surface area contributed by atoms with E-state index in [4.69, 9.17) is 0 Å². The van der Waals surface area contributed by atoms with E-state index in [1.165, 1.54) is 11.1 Å². The summed E-state index contributed by atoms with van der Waals surface area (Å²) in [4.78, 5) is 14.4. The number of benzene rings is 2. The molecule has 0 radical (unpaired) electrons. The Morgan fingerprint density at radius 3 is 2.63 bits per heavy atom. The molecular formula is C16H16N2O. The van der Waals surface area contributed by atoms with Crippen molar-refractivity contribution in [1.29, 1.82) is 0 Å². The summed E-state index contributed by atoms with van der Waals surface area (Å²) in [6, 6.07) is 15.4. The molecule has 1 aliphatic heterocycles. The van der Waals surface area contributed by atoms with E-state index >= 15 is 0 Å². The highest BCUT2D eigenvalue weighted by molar-refractivity contribution is 6.04. The molecular weight excluding hydrogens is 236 g/mol. The molecule has 0 unspecified atom stereocenters. The lowest BCUT2D eigenvalue weighted by Gasteiger charge is -2.10. The average molecular weight is 252 g/mol. The predicted octanol–water partition coefficient (Wildman–Crippen LogP) is 2.88. The van der Waals surface area contributed by atoms with Crippen LogP contribution >= 0.6 is 0 Å². The summed E-state index contributed by atoms with van der Waals surface area (Å²) < 4.78 is 0. The molecule has 0 atom stereocenters. The van der Waals surface area contributed by atoms with E-state index in [-0.39, 0.29) is 5.91 Å². The van der Waals surface area contributed by atoms with Crippen molar-refractivity contribution in [2.45, 2.75) is 13.1 Å². The van der Waals surface area contributed by atoms with Gasteiger partial charge in [-0.15, -0.1) is 0 Å². The maximum Gasteiger partial charge on any atom is 0.255 e. The molecule has 3 nitrogen and oxygen atoms in total. The number of nitrogens with zero attached hydrogens (tertiary/aromatic N) is 1. The van der Waals surface area contributed by atoms with Crippen LogP contribution in [0.15, 0.2) is 48.5 Å². The molecule has 1 aliphatic rings. The second kappa shape index (κ2) is 4.86. The zero-order valence-corrected chi connectivity index (χ0v) is 10.9. The van der Waals surface area contributed by atoms with Crippen LogP contribution in [0.4, 0.5) is 5.69 Å². The van der Waals surface area contributed by atoms with Gasteiger partial charge in [0.1, 0.15) is 0 Å².